The van der Waals surface area contributed by atoms with Crippen LogP contribution in [0.5, 0.6) is 11.5 Å². The van der Waals surface area contributed by atoms with Crippen LogP contribution in [-0.4, -0.2) is 18.3 Å². The molecule has 2 aromatic carbocycles. The van der Waals surface area contributed by atoms with Crippen LogP contribution in [-0.2, 0) is 4.74 Å². The molecule has 4 rings (SSSR count). The van der Waals surface area contributed by atoms with Gasteiger partial charge in [0.1, 0.15) is 6.23 Å². The molecule has 0 saturated carbocycles. The third kappa shape index (κ3) is 2.60. The number of nitro benzene ring substituents is 1. The Labute approximate surface area is 131 Å². The van der Waals surface area contributed by atoms with Crippen LogP contribution < -0.4 is 14.8 Å². The van der Waals surface area contributed by atoms with Crippen molar-refractivity contribution < 1.29 is 19.1 Å². The SMILES string of the molecule is O=[N+]([O-])c1ccc(C2NCC(c3ccc4c(c3)OCO4)O2)cc1. The Hall–Kier alpha value is -2.64. The minimum Gasteiger partial charge on any atom is -0.454 e. The Morgan fingerprint density at radius 2 is 1.78 bits per heavy atom. The molecule has 2 atom stereocenters. The van der Waals surface area contributed by atoms with Crippen LogP contribution >= 0.6 is 0 Å². The summed E-state index contributed by atoms with van der Waals surface area (Å²) >= 11 is 0. The molecule has 2 heterocycles. The molecule has 2 unspecified atom stereocenters. The topological polar surface area (TPSA) is 82.9 Å². The van der Waals surface area contributed by atoms with Crippen molar-refractivity contribution in [2.24, 2.45) is 0 Å². The number of fused-ring (bicyclic) bond motifs is 1. The standard InChI is InChI=1S/C16H14N2O5/c19-18(20)12-4-1-10(2-5-12)16-17-8-15(23-16)11-3-6-13-14(7-11)22-9-21-13/h1-7,15-17H,8-9H2. The molecule has 0 spiro atoms. The Kier molecular flexibility index (Phi) is 3.36. The number of nitro groups is 1. The van der Waals surface area contributed by atoms with E-state index in [1.807, 2.05) is 18.2 Å². The second-order valence-electron chi connectivity index (χ2n) is 5.37. The monoisotopic (exact) mass is 314 g/mol. The molecule has 0 aromatic heterocycles. The Morgan fingerprint density at radius 1 is 1.04 bits per heavy atom. The van der Waals surface area contributed by atoms with Crippen LogP contribution in [0, 0.1) is 10.1 Å². The predicted molar refractivity (Wildman–Crippen MR) is 80.2 cm³/mol. The lowest BCUT2D eigenvalue weighted by molar-refractivity contribution is -0.384. The molecule has 0 radical (unpaired) electrons. The second-order valence-corrected chi connectivity index (χ2v) is 5.37. The van der Waals surface area contributed by atoms with E-state index in [9.17, 15) is 10.1 Å². The minimum atomic E-state index is -0.415. The van der Waals surface area contributed by atoms with E-state index in [0.29, 0.717) is 6.54 Å². The van der Waals surface area contributed by atoms with Gasteiger partial charge in [-0.25, -0.2) is 0 Å². The van der Waals surface area contributed by atoms with Crippen molar-refractivity contribution in [1.29, 1.82) is 0 Å². The lowest BCUT2D eigenvalue weighted by Crippen LogP contribution is -2.13. The number of hydrogen-bond acceptors (Lipinski definition) is 6. The number of non-ortho nitro benzene ring substituents is 1. The van der Waals surface area contributed by atoms with Gasteiger partial charge in [0, 0.05) is 18.7 Å². The van der Waals surface area contributed by atoms with E-state index in [4.69, 9.17) is 14.2 Å². The number of nitrogens with zero attached hydrogens (tertiary/aromatic N) is 1. The van der Waals surface area contributed by atoms with Crippen molar-refractivity contribution in [2.45, 2.75) is 12.3 Å². The third-order valence-corrected chi connectivity index (χ3v) is 3.96. The first kappa shape index (κ1) is 14.0. The van der Waals surface area contributed by atoms with Crippen LogP contribution in [0.1, 0.15) is 23.5 Å². The fourth-order valence-corrected chi connectivity index (χ4v) is 2.75. The van der Waals surface area contributed by atoms with Crippen molar-refractivity contribution in [1.82, 2.24) is 5.32 Å². The minimum absolute atomic E-state index is 0.0686. The summed E-state index contributed by atoms with van der Waals surface area (Å²) in [5, 5.41) is 14.0. The zero-order valence-electron chi connectivity index (χ0n) is 12.1. The van der Waals surface area contributed by atoms with E-state index < -0.39 is 4.92 Å². The Bertz CT molecular complexity index is 747. The Balaban J connectivity index is 1.49. The highest BCUT2D eigenvalue weighted by Crippen LogP contribution is 2.37. The van der Waals surface area contributed by atoms with Gasteiger partial charge in [-0.15, -0.1) is 0 Å². The zero-order chi connectivity index (χ0) is 15.8. The van der Waals surface area contributed by atoms with E-state index in [0.717, 1.165) is 22.6 Å². The maximum atomic E-state index is 10.7. The number of hydrogen-bond donors (Lipinski definition) is 1. The van der Waals surface area contributed by atoms with Crippen LogP contribution in [0.15, 0.2) is 42.5 Å². The van der Waals surface area contributed by atoms with Crippen molar-refractivity contribution in [3.8, 4) is 11.5 Å². The average Bonchev–Trinajstić information content (AvgIpc) is 3.23. The molecule has 1 N–H and O–H groups in total. The van der Waals surface area contributed by atoms with E-state index >= 15 is 0 Å². The van der Waals surface area contributed by atoms with Gasteiger partial charge in [0.2, 0.25) is 6.79 Å². The van der Waals surface area contributed by atoms with Crippen LogP contribution in [0.4, 0.5) is 5.69 Å². The summed E-state index contributed by atoms with van der Waals surface area (Å²) in [5.74, 6) is 1.47. The molecule has 2 aliphatic rings. The quantitative estimate of drug-likeness (QED) is 0.693. The van der Waals surface area contributed by atoms with Crippen molar-refractivity contribution in [3.05, 3.63) is 63.7 Å². The van der Waals surface area contributed by atoms with Gasteiger partial charge < -0.3 is 14.2 Å². The first-order valence-electron chi connectivity index (χ1n) is 7.23. The highest BCUT2D eigenvalue weighted by molar-refractivity contribution is 5.45. The first-order chi connectivity index (χ1) is 11.2. The highest BCUT2D eigenvalue weighted by Gasteiger charge is 2.28. The first-order valence-corrected chi connectivity index (χ1v) is 7.23. The molecule has 23 heavy (non-hydrogen) atoms. The maximum absolute atomic E-state index is 10.7. The lowest BCUT2D eigenvalue weighted by Gasteiger charge is -2.13. The molecular formula is C16H14N2O5. The fraction of sp³-hybridized carbons (Fsp3) is 0.250. The summed E-state index contributed by atoms with van der Waals surface area (Å²) in [5.41, 5.74) is 1.93. The summed E-state index contributed by atoms with van der Waals surface area (Å²) < 4.78 is 16.7. The Morgan fingerprint density at radius 3 is 2.57 bits per heavy atom. The van der Waals surface area contributed by atoms with E-state index in [1.165, 1.54) is 12.1 Å². The molecule has 1 fully saturated rings. The average molecular weight is 314 g/mol. The number of ether oxygens (including phenoxy) is 3. The van der Waals surface area contributed by atoms with Gasteiger partial charge in [-0.05, 0) is 35.4 Å². The zero-order valence-corrected chi connectivity index (χ0v) is 12.1. The molecule has 7 nitrogen and oxygen atoms in total. The third-order valence-electron chi connectivity index (χ3n) is 3.96. The molecule has 0 bridgehead atoms. The van der Waals surface area contributed by atoms with Crippen molar-refractivity contribution in [3.63, 3.8) is 0 Å². The van der Waals surface area contributed by atoms with E-state index in [-0.39, 0.29) is 24.8 Å². The van der Waals surface area contributed by atoms with Crippen LogP contribution in [0.3, 0.4) is 0 Å². The number of rotatable bonds is 3. The molecule has 1 saturated heterocycles. The smallest absolute Gasteiger partial charge is 0.269 e. The van der Waals surface area contributed by atoms with Crippen LogP contribution in [0.25, 0.3) is 0 Å². The van der Waals surface area contributed by atoms with Crippen molar-refractivity contribution >= 4 is 5.69 Å². The second kappa shape index (κ2) is 5.53. The largest absolute Gasteiger partial charge is 0.454 e. The van der Waals surface area contributed by atoms with Crippen molar-refractivity contribution in [2.75, 3.05) is 13.3 Å². The lowest BCUT2D eigenvalue weighted by atomic mass is 10.1. The van der Waals surface area contributed by atoms with Gasteiger partial charge in [0.05, 0.1) is 11.0 Å². The summed E-state index contributed by atoms with van der Waals surface area (Å²) in [6.07, 6.45) is -0.393. The highest BCUT2D eigenvalue weighted by atomic mass is 16.7. The summed E-state index contributed by atoms with van der Waals surface area (Å²) in [7, 11) is 0. The van der Waals surface area contributed by atoms with E-state index in [2.05, 4.69) is 5.32 Å². The van der Waals surface area contributed by atoms with Gasteiger partial charge >= 0.3 is 0 Å². The van der Waals surface area contributed by atoms with Gasteiger partial charge in [0.15, 0.2) is 11.5 Å². The molecule has 2 aliphatic heterocycles. The van der Waals surface area contributed by atoms with Gasteiger partial charge in [0.25, 0.3) is 5.69 Å². The summed E-state index contributed by atoms with van der Waals surface area (Å²) in [6.45, 7) is 0.898. The fourth-order valence-electron chi connectivity index (χ4n) is 2.75. The molecule has 0 amide bonds. The summed E-state index contributed by atoms with van der Waals surface area (Å²) in [6, 6.07) is 12.1. The molecule has 118 valence electrons. The maximum Gasteiger partial charge on any atom is 0.269 e. The number of benzene rings is 2. The number of nitrogens with one attached hydrogen (secondary N) is 1. The van der Waals surface area contributed by atoms with Gasteiger partial charge in [-0.3, -0.25) is 15.4 Å². The molecule has 2 aromatic rings. The van der Waals surface area contributed by atoms with Gasteiger partial charge in [-0.1, -0.05) is 6.07 Å². The molecule has 7 heteroatoms. The normalized spacial score (nSPS) is 22.3. The van der Waals surface area contributed by atoms with Gasteiger partial charge in [-0.2, -0.15) is 0 Å². The summed E-state index contributed by atoms with van der Waals surface area (Å²) in [4.78, 5) is 10.3. The van der Waals surface area contributed by atoms with E-state index in [1.54, 1.807) is 12.1 Å². The molecule has 0 aliphatic carbocycles. The predicted octanol–water partition coefficient (Wildman–Crippen LogP) is 2.68. The molecular weight excluding hydrogens is 300 g/mol. The van der Waals surface area contributed by atoms with Crippen LogP contribution in [0.2, 0.25) is 0 Å².